The van der Waals surface area contributed by atoms with Crippen molar-refractivity contribution in [3.63, 3.8) is 0 Å². The summed E-state index contributed by atoms with van der Waals surface area (Å²) in [5, 5.41) is 2.44. The Morgan fingerprint density at radius 3 is 2.70 bits per heavy atom. The SMILES string of the molecule is CC1NC(=O)CN(c2cccc(OC(F)(F)F)c2)C1=O. The molecule has 1 N–H and O–H groups in total. The minimum absolute atomic E-state index is 0.179. The molecule has 1 aliphatic heterocycles. The summed E-state index contributed by atoms with van der Waals surface area (Å²) in [6, 6.07) is 4.22. The summed E-state index contributed by atoms with van der Waals surface area (Å²) in [5.41, 5.74) is 0.179. The van der Waals surface area contributed by atoms with Crippen molar-refractivity contribution in [1.82, 2.24) is 5.32 Å². The molecule has 1 atom stereocenters. The number of nitrogens with one attached hydrogen (secondary N) is 1. The monoisotopic (exact) mass is 288 g/mol. The van der Waals surface area contributed by atoms with Gasteiger partial charge in [0.15, 0.2) is 0 Å². The lowest BCUT2D eigenvalue weighted by Crippen LogP contribution is -2.57. The van der Waals surface area contributed by atoms with Crippen molar-refractivity contribution in [1.29, 1.82) is 0 Å². The topological polar surface area (TPSA) is 58.6 Å². The molecule has 1 aliphatic rings. The fraction of sp³-hybridized carbons (Fsp3) is 0.333. The maximum atomic E-state index is 12.1. The lowest BCUT2D eigenvalue weighted by molar-refractivity contribution is -0.274. The quantitative estimate of drug-likeness (QED) is 0.895. The number of rotatable bonds is 2. The highest BCUT2D eigenvalue weighted by Crippen LogP contribution is 2.27. The molecule has 8 heteroatoms. The van der Waals surface area contributed by atoms with Crippen LogP contribution in [0, 0.1) is 0 Å². The molecule has 1 saturated heterocycles. The molecule has 2 amide bonds. The van der Waals surface area contributed by atoms with Crippen molar-refractivity contribution in [2.45, 2.75) is 19.3 Å². The third kappa shape index (κ3) is 3.19. The van der Waals surface area contributed by atoms with Crippen molar-refractivity contribution in [2.24, 2.45) is 0 Å². The zero-order chi connectivity index (χ0) is 14.9. The Balaban J connectivity index is 2.26. The molecule has 0 aromatic heterocycles. The first-order valence-electron chi connectivity index (χ1n) is 5.73. The van der Waals surface area contributed by atoms with E-state index in [2.05, 4.69) is 10.1 Å². The highest BCUT2D eigenvalue weighted by molar-refractivity contribution is 6.06. The van der Waals surface area contributed by atoms with E-state index in [-0.39, 0.29) is 18.1 Å². The van der Waals surface area contributed by atoms with Crippen LogP contribution in [0.4, 0.5) is 18.9 Å². The van der Waals surface area contributed by atoms with Crippen molar-refractivity contribution >= 4 is 17.5 Å². The standard InChI is InChI=1S/C12H11F3N2O3/c1-7-11(19)17(6-10(18)16-7)8-3-2-4-9(5-8)20-12(13,14)15/h2-5,7H,6H2,1H3,(H,16,18). The fourth-order valence-corrected chi connectivity index (χ4v) is 1.87. The van der Waals surface area contributed by atoms with Gasteiger partial charge in [-0.2, -0.15) is 0 Å². The van der Waals surface area contributed by atoms with Gasteiger partial charge >= 0.3 is 6.36 Å². The minimum atomic E-state index is -4.81. The minimum Gasteiger partial charge on any atom is -0.406 e. The maximum absolute atomic E-state index is 12.1. The van der Waals surface area contributed by atoms with Gasteiger partial charge < -0.3 is 15.0 Å². The number of carbonyl (C=O) groups excluding carboxylic acids is 2. The van der Waals surface area contributed by atoms with E-state index >= 15 is 0 Å². The molecule has 2 rings (SSSR count). The van der Waals surface area contributed by atoms with Gasteiger partial charge in [-0.05, 0) is 19.1 Å². The number of carbonyl (C=O) groups is 2. The Morgan fingerprint density at radius 1 is 1.35 bits per heavy atom. The number of benzene rings is 1. The van der Waals surface area contributed by atoms with Gasteiger partial charge in [0.2, 0.25) is 11.8 Å². The average Bonchev–Trinajstić information content (AvgIpc) is 2.32. The molecule has 1 heterocycles. The zero-order valence-electron chi connectivity index (χ0n) is 10.4. The molecular formula is C12H11F3N2O3. The molecule has 1 fully saturated rings. The molecule has 0 spiro atoms. The van der Waals surface area contributed by atoms with Crippen molar-refractivity contribution < 1.29 is 27.5 Å². The maximum Gasteiger partial charge on any atom is 0.573 e. The number of halogens is 3. The van der Waals surface area contributed by atoms with Crippen LogP contribution in [0.25, 0.3) is 0 Å². The number of nitrogens with zero attached hydrogens (tertiary/aromatic N) is 1. The second kappa shape index (κ2) is 5.03. The summed E-state index contributed by atoms with van der Waals surface area (Å²) in [5.74, 6) is -1.21. The molecule has 1 unspecified atom stereocenters. The van der Waals surface area contributed by atoms with Crippen LogP contribution in [0.15, 0.2) is 24.3 Å². The molecule has 20 heavy (non-hydrogen) atoms. The molecule has 5 nitrogen and oxygen atoms in total. The van der Waals surface area contributed by atoms with Gasteiger partial charge in [0.1, 0.15) is 18.3 Å². The second-order valence-corrected chi connectivity index (χ2v) is 4.26. The van der Waals surface area contributed by atoms with Crippen LogP contribution in [0.2, 0.25) is 0 Å². The van der Waals surface area contributed by atoms with E-state index in [1.54, 1.807) is 0 Å². The molecule has 0 radical (unpaired) electrons. The van der Waals surface area contributed by atoms with Gasteiger partial charge in [-0.3, -0.25) is 9.59 Å². The summed E-state index contributed by atoms with van der Waals surface area (Å²) in [6.07, 6.45) is -4.81. The zero-order valence-corrected chi connectivity index (χ0v) is 10.4. The van der Waals surface area contributed by atoms with Gasteiger partial charge in [-0.1, -0.05) is 6.07 Å². The Morgan fingerprint density at radius 2 is 2.05 bits per heavy atom. The van der Waals surface area contributed by atoms with Gasteiger partial charge in [-0.25, -0.2) is 0 Å². The number of anilines is 1. The Bertz CT molecular complexity index is 545. The molecule has 0 aliphatic carbocycles. The number of amides is 2. The lowest BCUT2D eigenvalue weighted by atomic mass is 10.2. The predicted molar refractivity (Wildman–Crippen MR) is 63.1 cm³/mol. The Kier molecular flexibility index (Phi) is 3.56. The summed E-state index contributed by atoms with van der Waals surface area (Å²) in [6.45, 7) is 1.26. The predicted octanol–water partition coefficient (Wildman–Crippen LogP) is 1.44. The van der Waals surface area contributed by atoms with Crippen LogP contribution < -0.4 is 15.0 Å². The van der Waals surface area contributed by atoms with Gasteiger partial charge in [-0.15, -0.1) is 13.2 Å². The highest BCUT2D eigenvalue weighted by Gasteiger charge is 2.33. The van der Waals surface area contributed by atoms with Crippen LogP contribution in [0.5, 0.6) is 5.75 Å². The van der Waals surface area contributed by atoms with Crippen LogP contribution in [0.1, 0.15) is 6.92 Å². The first-order chi connectivity index (χ1) is 9.26. The summed E-state index contributed by atoms with van der Waals surface area (Å²) < 4.78 is 40.2. The first kappa shape index (κ1) is 14.2. The fourth-order valence-electron chi connectivity index (χ4n) is 1.87. The van der Waals surface area contributed by atoms with Crippen molar-refractivity contribution in [3.05, 3.63) is 24.3 Å². The van der Waals surface area contributed by atoms with Crippen LogP contribution in [-0.4, -0.2) is 30.8 Å². The van der Waals surface area contributed by atoms with Crippen LogP contribution >= 0.6 is 0 Å². The normalized spacial score (nSPS) is 19.8. The van der Waals surface area contributed by atoms with Crippen molar-refractivity contribution in [2.75, 3.05) is 11.4 Å². The summed E-state index contributed by atoms with van der Waals surface area (Å²) in [4.78, 5) is 24.4. The number of hydrogen-bond donors (Lipinski definition) is 1. The average molecular weight is 288 g/mol. The molecule has 1 aromatic rings. The van der Waals surface area contributed by atoms with Crippen LogP contribution in [-0.2, 0) is 9.59 Å². The van der Waals surface area contributed by atoms with E-state index in [0.29, 0.717) is 0 Å². The molecule has 1 aromatic carbocycles. The largest absolute Gasteiger partial charge is 0.573 e. The van der Waals surface area contributed by atoms with E-state index in [4.69, 9.17) is 0 Å². The lowest BCUT2D eigenvalue weighted by Gasteiger charge is -2.30. The molecular weight excluding hydrogens is 277 g/mol. The number of ether oxygens (including phenoxy) is 1. The first-order valence-corrected chi connectivity index (χ1v) is 5.73. The van der Waals surface area contributed by atoms with E-state index in [0.717, 1.165) is 17.0 Å². The van der Waals surface area contributed by atoms with Gasteiger partial charge in [0.05, 0.1) is 0 Å². The van der Waals surface area contributed by atoms with E-state index in [1.807, 2.05) is 0 Å². The molecule has 0 saturated carbocycles. The molecule has 0 bridgehead atoms. The Labute approximate surface area is 112 Å². The summed E-state index contributed by atoms with van der Waals surface area (Å²) >= 11 is 0. The Hall–Kier alpha value is -2.25. The number of alkyl halides is 3. The number of hydrogen-bond acceptors (Lipinski definition) is 3. The smallest absolute Gasteiger partial charge is 0.406 e. The van der Waals surface area contributed by atoms with E-state index in [1.165, 1.54) is 19.1 Å². The third-order valence-corrected chi connectivity index (χ3v) is 2.68. The van der Waals surface area contributed by atoms with E-state index < -0.39 is 24.1 Å². The number of piperazine rings is 1. The highest BCUT2D eigenvalue weighted by atomic mass is 19.4. The van der Waals surface area contributed by atoms with Crippen molar-refractivity contribution in [3.8, 4) is 5.75 Å². The molecule has 108 valence electrons. The second-order valence-electron chi connectivity index (χ2n) is 4.26. The van der Waals surface area contributed by atoms with Gasteiger partial charge in [0, 0.05) is 11.8 Å². The summed E-state index contributed by atoms with van der Waals surface area (Å²) in [7, 11) is 0. The van der Waals surface area contributed by atoms with Gasteiger partial charge in [0.25, 0.3) is 0 Å². The van der Waals surface area contributed by atoms with E-state index in [9.17, 15) is 22.8 Å². The van der Waals surface area contributed by atoms with Crippen LogP contribution in [0.3, 0.4) is 0 Å². The third-order valence-electron chi connectivity index (χ3n) is 2.68.